The van der Waals surface area contributed by atoms with Crippen molar-refractivity contribution in [3.63, 3.8) is 0 Å². The Labute approximate surface area is 157 Å². The van der Waals surface area contributed by atoms with Crippen LogP contribution in [0.1, 0.15) is 27.8 Å². The van der Waals surface area contributed by atoms with E-state index >= 15 is 0 Å². The van der Waals surface area contributed by atoms with Crippen LogP contribution in [0.25, 0.3) is 0 Å². The monoisotopic (exact) mass is 421 g/mol. The normalized spacial score (nSPS) is 12.0. The number of nitrogens with zero attached hydrogens (tertiary/aromatic N) is 2. The molecule has 25 heavy (non-hydrogen) atoms. The van der Waals surface area contributed by atoms with E-state index in [-0.39, 0.29) is 0 Å². The van der Waals surface area contributed by atoms with Gasteiger partial charge in [-0.15, -0.1) is 0 Å². The number of amides is 1. The van der Waals surface area contributed by atoms with Crippen molar-refractivity contribution in [1.29, 1.82) is 0 Å². The quantitative estimate of drug-likeness (QED) is 0.673. The van der Waals surface area contributed by atoms with E-state index in [9.17, 15) is 9.18 Å². The van der Waals surface area contributed by atoms with Crippen LogP contribution >= 0.6 is 27.5 Å². The van der Waals surface area contributed by atoms with Gasteiger partial charge < -0.3 is 9.88 Å². The van der Waals surface area contributed by atoms with Gasteiger partial charge in [-0.2, -0.15) is 0 Å². The number of benzene rings is 2. The van der Waals surface area contributed by atoms with Crippen LogP contribution in [-0.4, -0.2) is 15.5 Å². The molecule has 1 aromatic heterocycles. The van der Waals surface area contributed by atoms with Gasteiger partial charge in [-0.05, 0) is 24.3 Å². The van der Waals surface area contributed by atoms with E-state index in [1.165, 1.54) is 6.07 Å². The van der Waals surface area contributed by atoms with Gasteiger partial charge in [0.15, 0.2) is 0 Å². The van der Waals surface area contributed by atoms with Crippen LogP contribution in [0.2, 0.25) is 5.02 Å². The molecule has 128 valence electrons. The first kappa shape index (κ1) is 17.6. The minimum atomic E-state index is -0.747. The summed E-state index contributed by atoms with van der Waals surface area (Å²) in [5.41, 5.74) is 0.628. The van der Waals surface area contributed by atoms with Crippen LogP contribution in [-0.2, 0) is 7.05 Å². The maximum absolute atomic E-state index is 14.3. The van der Waals surface area contributed by atoms with Crippen molar-refractivity contribution in [3.05, 3.63) is 87.1 Å². The van der Waals surface area contributed by atoms with Gasteiger partial charge >= 0.3 is 0 Å². The Kier molecular flexibility index (Phi) is 5.20. The molecule has 0 aliphatic rings. The minimum Gasteiger partial charge on any atom is -0.338 e. The van der Waals surface area contributed by atoms with E-state index < -0.39 is 17.8 Å². The second-order valence-corrected chi connectivity index (χ2v) is 6.77. The lowest BCUT2D eigenvalue weighted by Crippen LogP contribution is -2.32. The molecule has 1 N–H and O–H groups in total. The van der Waals surface area contributed by atoms with Crippen LogP contribution in [0, 0.1) is 5.82 Å². The fourth-order valence-electron chi connectivity index (χ4n) is 2.53. The highest BCUT2D eigenvalue weighted by atomic mass is 79.9. The van der Waals surface area contributed by atoms with Gasteiger partial charge in [-0.1, -0.05) is 45.7 Å². The fraction of sp³-hybridized carbons (Fsp3) is 0.111. The lowest BCUT2D eigenvalue weighted by molar-refractivity contribution is 0.0940. The van der Waals surface area contributed by atoms with Crippen LogP contribution in [0.3, 0.4) is 0 Å². The summed E-state index contributed by atoms with van der Waals surface area (Å²) in [6, 6.07) is 10.5. The minimum absolute atomic E-state index is 0.298. The SMILES string of the molecule is Cn1ccnc1[C@H](NC(=O)c1cc(Br)ccc1Cl)c1ccccc1F. The zero-order chi connectivity index (χ0) is 18.0. The Balaban J connectivity index is 2.01. The summed E-state index contributed by atoms with van der Waals surface area (Å²) in [5.74, 6) is -0.316. The van der Waals surface area contributed by atoms with Gasteiger partial charge in [0, 0.05) is 29.5 Å². The molecule has 0 radical (unpaired) electrons. The second-order valence-electron chi connectivity index (χ2n) is 5.45. The van der Waals surface area contributed by atoms with E-state index in [0.29, 0.717) is 22.0 Å². The first-order valence-corrected chi connectivity index (χ1v) is 8.62. The molecule has 1 atom stereocenters. The number of halogens is 3. The van der Waals surface area contributed by atoms with Gasteiger partial charge in [0.2, 0.25) is 0 Å². The third-order valence-corrected chi connectivity index (χ3v) is 4.60. The summed E-state index contributed by atoms with van der Waals surface area (Å²) in [7, 11) is 1.79. The zero-order valence-corrected chi connectivity index (χ0v) is 15.6. The third kappa shape index (κ3) is 3.75. The fourth-order valence-corrected chi connectivity index (χ4v) is 3.09. The average Bonchev–Trinajstić information content (AvgIpc) is 3.01. The van der Waals surface area contributed by atoms with E-state index in [0.717, 1.165) is 4.47 Å². The Bertz CT molecular complexity index is 928. The Morgan fingerprint density at radius 2 is 2.08 bits per heavy atom. The Morgan fingerprint density at radius 1 is 1.32 bits per heavy atom. The maximum Gasteiger partial charge on any atom is 0.253 e. The molecule has 3 rings (SSSR count). The topological polar surface area (TPSA) is 46.9 Å². The molecule has 0 spiro atoms. The molecule has 1 amide bonds. The standard InChI is InChI=1S/C18H14BrClFN3O/c1-24-9-8-22-17(24)16(12-4-2-3-5-15(12)21)23-18(25)13-10-11(19)6-7-14(13)20/h2-10,16H,1H3,(H,23,25)/t16-/m1/s1. The molecule has 7 heteroatoms. The van der Waals surface area contributed by atoms with Crippen molar-refractivity contribution < 1.29 is 9.18 Å². The van der Waals surface area contributed by atoms with Crippen LogP contribution in [0.4, 0.5) is 4.39 Å². The molecule has 0 saturated heterocycles. The Morgan fingerprint density at radius 3 is 2.76 bits per heavy atom. The molecule has 3 aromatic rings. The predicted octanol–water partition coefficient (Wildman–Crippen LogP) is 4.49. The summed E-state index contributed by atoms with van der Waals surface area (Å²) in [6.45, 7) is 0. The van der Waals surface area contributed by atoms with Crippen molar-refractivity contribution in [2.75, 3.05) is 0 Å². The lowest BCUT2D eigenvalue weighted by Gasteiger charge is -2.20. The smallest absolute Gasteiger partial charge is 0.253 e. The van der Waals surface area contributed by atoms with Crippen LogP contribution in [0.5, 0.6) is 0 Å². The highest BCUT2D eigenvalue weighted by Crippen LogP contribution is 2.26. The number of carbonyl (C=O) groups excluding carboxylic acids is 1. The lowest BCUT2D eigenvalue weighted by atomic mass is 10.0. The summed E-state index contributed by atoms with van der Waals surface area (Å²) in [6.07, 6.45) is 3.34. The largest absolute Gasteiger partial charge is 0.338 e. The van der Waals surface area contributed by atoms with Crippen molar-refractivity contribution >= 4 is 33.4 Å². The van der Waals surface area contributed by atoms with Gasteiger partial charge in [0.05, 0.1) is 10.6 Å². The summed E-state index contributed by atoms with van der Waals surface area (Å²) in [5, 5.41) is 3.15. The number of hydrogen-bond acceptors (Lipinski definition) is 2. The molecule has 4 nitrogen and oxygen atoms in total. The molecule has 0 unspecified atom stereocenters. The molecule has 0 aliphatic carbocycles. The molecule has 0 saturated carbocycles. The number of carbonyl (C=O) groups is 1. The molecule has 0 aliphatic heterocycles. The van der Waals surface area contributed by atoms with E-state index in [4.69, 9.17) is 11.6 Å². The number of rotatable bonds is 4. The number of aryl methyl sites for hydroxylation is 1. The molecular weight excluding hydrogens is 409 g/mol. The maximum atomic E-state index is 14.3. The second kappa shape index (κ2) is 7.37. The summed E-state index contributed by atoms with van der Waals surface area (Å²) in [4.78, 5) is 17.0. The average molecular weight is 423 g/mol. The summed E-state index contributed by atoms with van der Waals surface area (Å²) >= 11 is 9.45. The van der Waals surface area contributed by atoms with E-state index in [1.54, 1.807) is 60.4 Å². The molecule has 2 aromatic carbocycles. The van der Waals surface area contributed by atoms with Crippen LogP contribution < -0.4 is 5.32 Å². The number of nitrogens with one attached hydrogen (secondary N) is 1. The molecule has 0 bridgehead atoms. The van der Waals surface area contributed by atoms with Gasteiger partial charge in [-0.3, -0.25) is 4.79 Å². The molecular formula is C18H14BrClFN3O. The van der Waals surface area contributed by atoms with E-state index in [1.807, 2.05) is 0 Å². The zero-order valence-electron chi connectivity index (χ0n) is 13.2. The highest BCUT2D eigenvalue weighted by Gasteiger charge is 2.24. The van der Waals surface area contributed by atoms with Crippen LogP contribution in [0.15, 0.2) is 59.3 Å². The van der Waals surface area contributed by atoms with E-state index in [2.05, 4.69) is 26.2 Å². The number of imidazole rings is 1. The van der Waals surface area contributed by atoms with Crippen molar-refractivity contribution in [2.24, 2.45) is 7.05 Å². The molecule has 0 fully saturated rings. The van der Waals surface area contributed by atoms with Gasteiger partial charge in [-0.25, -0.2) is 9.37 Å². The first-order chi connectivity index (χ1) is 12.0. The van der Waals surface area contributed by atoms with Gasteiger partial charge in [0.25, 0.3) is 5.91 Å². The third-order valence-electron chi connectivity index (χ3n) is 3.78. The number of aromatic nitrogens is 2. The van der Waals surface area contributed by atoms with Crippen molar-refractivity contribution in [1.82, 2.24) is 14.9 Å². The Hall–Kier alpha value is -2.18. The summed E-state index contributed by atoms with van der Waals surface area (Å²) < 4.78 is 16.8. The molecule has 1 heterocycles. The van der Waals surface area contributed by atoms with Crippen molar-refractivity contribution in [2.45, 2.75) is 6.04 Å². The number of hydrogen-bond donors (Lipinski definition) is 1. The van der Waals surface area contributed by atoms with Gasteiger partial charge in [0.1, 0.15) is 17.7 Å². The highest BCUT2D eigenvalue weighted by molar-refractivity contribution is 9.10. The predicted molar refractivity (Wildman–Crippen MR) is 98.1 cm³/mol. The van der Waals surface area contributed by atoms with Crippen molar-refractivity contribution in [3.8, 4) is 0 Å². The first-order valence-electron chi connectivity index (χ1n) is 7.45.